The van der Waals surface area contributed by atoms with Crippen LogP contribution in [0, 0.1) is 6.92 Å². The minimum atomic E-state index is -4.00. The summed E-state index contributed by atoms with van der Waals surface area (Å²) in [5, 5.41) is 3.83. The van der Waals surface area contributed by atoms with Crippen molar-refractivity contribution < 1.29 is 13.2 Å². The van der Waals surface area contributed by atoms with Gasteiger partial charge >= 0.3 is 0 Å². The Bertz CT molecular complexity index is 2240. The third kappa shape index (κ3) is 6.10. The molecule has 47 heavy (non-hydrogen) atoms. The molecule has 6 aromatic rings. The highest BCUT2D eigenvalue weighted by molar-refractivity contribution is 7.90. The number of nitrogens with one attached hydrogen (secondary N) is 1. The number of hydrogen-bond acceptors (Lipinski definition) is 10. The third-order valence-corrected chi connectivity index (χ3v) is 9.94. The van der Waals surface area contributed by atoms with E-state index in [4.69, 9.17) is 9.72 Å². The van der Waals surface area contributed by atoms with E-state index in [-0.39, 0.29) is 34.7 Å². The molecular formula is C34H32N8O4S. The van der Waals surface area contributed by atoms with Crippen molar-refractivity contribution in [1.82, 2.24) is 33.4 Å². The van der Waals surface area contributed by atoms with Gasteiger partial charge in [0.15, 0.2) is 0 Å². The number of likely N-dealkylation sites (tertiary alicyclic amines) is 1. The van der Waals surface area contributed by atoms with Gasteiger partial charge in [0.05, 0.1) is 23.3 Å². The molecule has 0 saturated carbocycles. The minimum absolute atomic E-state index is 0.0541. The van der Waals surface area contributed by atoms with Crippen molar-refractivity contribution in [3.63, 3.8) is 0 Å². The van der Waals surface area contributed by atoms with Gasteiger partial charge < -0.3 is 15.0 Å². The Morgan fingerprint density at radius 2 is 1.77 bits per heavy atom. The highest BCUT2D eigenvalue weighted by Crippen LogP contribution is 2.26. The van der Waals surface area contributed by atoms with E-state index in [9.17, 15) is 13.2 Å². The molecule has 0 spiro atoms. The maximum Gasteiger partial charge on any atom is 0.269 e. The molecule has 0 aliphatic carbocycles. The Labute approximate surface area is 271 Å². The Morgan fingerprint density at radius 1 is 0.979 bits per heavy atom. The van der Waals surface area contributed by atoms with Crippen LogP contribution >= 0.6 is 0 Å². The summed E-state index contributed by atoms with van der Waals surface area (Å²) in [5.74, 6) is 1.06. The third-order valence-electron chi connectivity index (χ3n) is 8.23. The van der Waals surface area contributed by atoms with Gasteiger partial charge in [-0.3, -0.25) is 14.3 Å². The summed E-state index contributed by atoms with van der Waals surface area (Å²) in [6, 6.07) is 19.8. The summed E-state index contributed by atoms with van der Waals surface area (Å²) in [6.45, 7) is 3.74. The standard InChI is InChI=1S/C34H32N8O4S/c1-23-5-3-4-6-30(23)31-17-24-18-37-34(38-25-7-9-27(10-8-25)46-28-13-16-40(2)21-28)39-32(24)41(33(31)43)20-26-19-36-22-42(26)47(44,45)29-11-14-35-15-12-29/h3-12,14-15,17-19,22,28H,13,16,20-21H2,1-2H3,(H,37,38,39). The molecule has 1 aliphatic rings. The van der Waals surface area contributed by atoms with Crippen molar-refractivity contribution in [2.24, 2.45) is 0 Å². The zero-order valence-electron chi connectivity index (χ0n) is 25.8. The quantitative estimate of drug-likeness (QED) is 0.239. The second-order valence-corrected chi connectivity index (χ2v) is 13.4. The highest BCUT2D eigenvalue weighted by Gasteiger charge is 2.23. The summed E-state index contributed by atoms with van der Waals surface area (Å²) in [5.41, 5.74) is 3.17. The lowest BCUT2D eigenvalue weighted by Crippen LogP contribution is -2.26. The van der Waals surface area contributed by atoms with Crippen molar-refractivity contribution in [2.45, 2.75) is 30.9 Å². The second kappa shape index (κ2) is 12.4. The van der Waals surface area contributed by atoms with E-state index in [1.165, 1.54) is 41.6 Å². The molecule has 238 valence electrons. The van der Waals surface area contributed by atoms with Crippen LogP contribution in [-0.4, -0.2) is 68.0 Å². The molecule has 1 N–H and O–H groups in total. The zero-order chi connectivity index (χ0) is 32.5. The molecule has 5 heterocycles. The Hall–Kier alpha value is -5.40. The van der Waals surface area contributed by atoms with Gasteiger partial charge in [-0.1, -0.05) is 24.3 Å². The lowest BCUT2D eigenvalue weighted by atomic mass is 10.0. The van der Waals surface area contributed by atoms with Crippen LogP contribution in [0.15, 0.2) is 108 Å². The molecule has 1 saturated heterocycles. The van der Waals surface area contributed by atoms with Gasteiger partial charge in [0, 0.05) is 48.3 Å². The van der Waals surface area contributed by atoms with Crippen LogP contribution in [-0.2, 0) is 16.6 Å². The molecular weight excluding hydrogens is 616 g/mol. The van der Waals surface area contributed by atoms with Crippen LogP contribution in [0.2, 0.25) is 0 Å². The first-order valence-electron chi connectivity index (χ1n) is 15.1. The number of fused-ring (bicyclic) bond motifs is 1. The predicted octanol–water partition coefficient (Wildman–Crippen LogP) is 4.47. The highest BCUT2D eigenvalue weighted by atomic mass is 32.2. The van der Waals surface area contributed by atoms with Crippen molar-refractivity contribution in [3.05, 3.63) is 119 Å². The molecule has 1 unspecified atom stereocenters. The van der Waals surface area contributed by atoms with Crippen LogP contribution in [0.3, 0.4) is 0 Å². The fourth-order valence-electron chi connectivity index (χ4n) is 5.79. The van der Waals surface area contributed by atoms with Gasteiger partial charge in [0.25, 0.3) is 15.6 Å². The van der Waals surface area contributed by atoms with E-state index in [0.717, 1.165) is 46.0 Å². The number of anilines is 2. The van der Waals surface area contributed by atoms with Gasteiger partial charge in [-0.2, -0.15) is 4.98 Å². The Morgan fingerprint density at radius 3 is 2.51 bits per heavy atom. The number of pyridine rings is 2. The maximum absolute atomic E-state index is 14.2. The molecule has 2 aromatic carbocycles. The van der Waals surface area contributed by atoms with Gasteiger partial charge in [0.2, 0.25) is 5.95 Å². The number of imidazole rings is 1. The number of likely N-dealkylation sites (N-methyl/N-ethyl adjacent to an activating group) is 1. The van der Waals surface area contributed by atoms with Crippen LogP contribution in [0.1, 0.15) is 17.7 Å². The van der Waals surface area contributed by atoms with E-state index in [1.807, 2.05) is 55.5 Å². The molecule has 1 fully saturated rings. The number of ether oxygens (including phenoxy) is 1. The van der Waals surface area contributed by atoms with E-state index in [1.54, 1.807) is 12.3 Å². The summed E-state index contributed by atoms with van der Waals surface area (Å²) in [6.07, 6.45) is 8.29. The molecule has 0 bridgehead atoms. The average Bonchev–Trinajstić information content (AvgIpc) is 3.73. The largest absolute Gasteiger partial charge is 0.489 e. The van der Waals surface area contributed by atoms with E-state index in [0.29, 0.717) is 16.6 Å². The molecule has 4 aromatic heterocycles. The SMILES string of the molecule is Cc1ccccc1-c1cc2cnc(Nc3ccc(OC4CCN(C)C4)cc3)nc2n(Cc2cncn2S(=O)(=O)c2ccncc2)c1=O. The summed E-state index contributed by atoms with van der Waals surface area (Å²) in [4.78, 5) is 33.9. The molecule has 1 aliphatic heterocycles. The molecule has 0 amide bonds. The number of nitrogens with zero attached hydrogens (tertiary/aromatic N) is 7. The van der Waals surface area contributed by atoms with Gasteiger partial charge in [0.1, 0.15) is 23.8 Å². The summed E-state index contributed by atoms with van der Waals surface area (Å²) < 4.78 is 35.7. The summed E-state index contributed by atoms with van der Waals surface area (Å²) >= 11 is 0. The topological polar surface area (TPSA) is 137 Å². The molecule has 12 nitrogen and oxygen atoms in total. The van der Waals surface area contributed by atoms with Crippen LogP contribution in [0.5, 0.6) is 5.75 Å². The smallest absolute Gasteiger partial charge is 0.269 e. The van der Waals surface area contributed by atoms with Crippen molar-refractivity contribution in [1.29, 1.82) is 0 Å². The molecule has 13 heteroatoms. The fourth-order valence-corrected chi connectivity index (χ4v) is 7.07. The number of rotatable bonds is 9. The lowest BCUT2D eigenvalue weighted by Gasteiger charge is -2.16. The maximum atomic E-state index is 14.2. The van der Waals surface area contributed by atoms with Gasteiger partial charge in [-0.15, -0.1) is 0 Å². The minimum Gasteiger partial charge on any atom is -0.489 e. The molecule has 0 radical (unpaired) electrons. The van der Waals surface area contributed by atoms with Gasteiger partial charge in [-0.25, -0.2) is 22.4 Å². The number of benzene rings is 2. The van der Waals surface area contributed by atoms with Crippen LogP contribution in [0.4, 0.5) is 11.6 Å². The van der Waals surface area contributed by atoms with Crippen molar-refractivity contribution in [2.75, 3.05) is 25.5 Å². The first-order chi connectivity index (χ1) is 22.8. The van der Waals surface area contributed by atoms with Crippen LogP contribution in [0.25, 0.3) is 22.2 Å². The number of hydrogen-bond donors (Lipinski definition) is 1. The van der Waals surface area contributed by atoms with Gasteiger partial charge in [-0.05, 0) is 74.0 Å². The first-order valence-corrected chi connectivity index (χ1v) is 16.6. The normalized spacial score (nSPS) is 15.2. The van der Waals surface area contributed by atoms with E-state index < -0.39 is 10.0 Å². The fraction of sp³-hybridized carbons (Fsp3) is 0.206. The Balaban J connectivity index is 1.27. The first kappa shape index (κ1) is 30.3. The van der Waals surface area contributed by atoms with E-state index in [2.05, 4.69) is 32.2 Å². The number of aryl methyl sites for hydroxylation is 1. The average molecular weight is 649 g/mol. The molecule has 7 rings (SSSR count). The van der Waals surface area contributed by atoms with Crippen LogP contribution < -0.4 is 15.6 Å². The monoisotopic (exact) mass is 648 g/mol. The number of aromatic nitrogens is 6. The Kier molecular flexibility index (Phi) is 8.00. The van der Waals surface area contributed by atoms with E-state index >= 15 is 0 Å². The summed E-state index contributed by atoms with van der Waals surface area (Å²) in [7, 11) is -1.92. The predicted molar refractivity (Wildman–Crippen MR) is 178 cm³/mol. The second-order valence-electron chi connectivity index (χ2n) is 11.5. The van der Waals surface area contributed by atoms with Crippen molar-refractivity contribution in [3.8, 4) is 16.9 Å². The lowest BCUT2D eigenvalue weighted by molar-refractivity contribution is 0.208. The molecule has 1 atom stereocenters. The zero-order valence-corrected chi connectivity index (χ0v) is 26.6. The van der Waals surface area contributed by atoms with Crippen molar-refractivity contribution >= 4 is 32.7 Å².